The van der Waals surface area contributed by atoms with Crippen LogP contribution in [0.1, 0.15) is 70.3 Å². The Kier molecular flexibility index (Phi) is 12.8. The van der Waals surface area contributed by atoms with Gasteiger partial charge in [-0.3, -0.25) is 14.4 Å². The van der Waals surface area contributed by atoms with E-state index in [0.717, 1.165) is 83.8 Å². The fraction of sp³-hybridized carbons (Fsp3) is 0.581. The molecule has 1 heterocycles. The molecule has 2 fully saturated rings. The maximum absolute atomic E-state index is 13.4. The molecule has 2 N–H and O–H groups in total. The molecule has 0 radical (unpaired) electrons. The van der Waals surface area contributed by atoms with Gasteiger partial charge in [0.1, 0.15) is 17.6 Å². The van der Waals surface area contributed by atoms with Crippen molar-refractivity contribution in [3.8, 4) is 11.5 Å². The highest BCUT2D eigenvalue weighted by Crippen LogP contribution is 2.29. The van der Waals surface area contributed by atoms with Crippen molar-refractivity contribution in [2.24, 2.45) is 5.92 Å². The molecule has 41 heavy (non-hydrogen) atoms. The quantitative estimate of drug-likeness (QED) is 0.316. The Morgan fingerprint density at radius 3 is 2.15 bits per heavy atom. The predicted octanol–water partition coefficient (Wildman–Crippen LogP) is 5.81. The van der Waals surface area contributed by atoms with E-state index in [9.17, 15) is 18.3 Å². The lowest BCUT2D eigenvalue weighted by Gasteiger charge is -2.40. The first-order valence-electron chi connectivity index (χ1n) is 14.8. The van der Waals surface area contributed by atoms with Crippen molar-refractivity contribution in [2.45, 2.75) is 83.4 Å². The Morgan fingerprint density at radius 1 is 1.00 bits per heavy atom. The van der Waals surface area contributed by atoms with Crippen molar-refractivity contribution in [2.75, 3.05) is 30.6 Å². The van der Waals surface area contributed by atoms with Crippen molar-refractivity contribution in [3.63, 3.8) is 0 Å². The van der Waals surface area contributed by atoms with Gasteiger partial charge in [0.15, 0.2) is 0 Å². The van der Waals surface area contributed by atoms with Crippen LogP contribution in [0.3, 0.4) is 0 Å². The van der Waals surface area contributed by atoms with Gasteiger partial charge < -0.3 is 14.7 Å². The molecule has 2 aromatic carbocycles. The Bertz CT molecular complexity index is 1180. The molecular formula is C31H46ClN3O5S. The van der Waals surface area contributed by atoms with E-state index in [-0.39, 0.29) is 30.3 Å². The Morgan fingerprint density at radius 2 is 1.59 bits per heavy atom. The number of aliphatic hydroxyl groups excluding tert-OH is 1. The second-order valence-corrected chi connectivity index (χ2v) is 13.1. The SMILES string of the molecule is CCCCN(C(=O)[C@H](O)C1CCCCC1)C1CCN(Cc2ccc(Oc3ccc(NS(C)(=O)=O)cc3)cc2)CC1.Cl. The minimum absolute atomic E-state index is 0. The van der Waals surface area contributed by atoms with Crippen LogP contribution in [0.25, 0.3) is 0 Å². The monoisotopic (exact) mass is 607 g/mol. The number of rotatable bonds is 12. The molecule has 0 spiro atoms. The summed E-state index contributed by atoms with van der Waals surface area (Å²) in [6, 6.07) is 15.0. The third kappa shape index (κ3) is 10.2. The van der Waals surface area contributed by atoms with Gasteiger partial charge in [-0.1, -0.05) is 44.7 Å². The zero-order valence-corrected chi connectivity index (χ0v) is 26.0. The molecule has 1 saturated carbocycles. The van der Waals surface area contributed by atoms with E-state index < -0.39 is 16.1 Å². The van der Waals surface area contributed by atoms with E-state index in [2.05, 4.69) is 28.7 Å². The zero-order valence-electron chi connectivity index (χ0n) is 24.3. The molecule has 1 saturated heterocycles. The van der Waals surface area contributed by atoms with Gasteiger partial charge in [0, 0.05) is 37.9 Å². The minimum atomic E-state index is -3.31. The highest BCUT2D eigenvalue weighted by atomic mass is 35.5. The molecule has 10 heteroatoms. The van der Waals surface area contributed by atoms with Gasteiger partial charge in [0.25, 0.3) is 5.91 Å². The molecular weight excluding hydrogens is 562 g/mol. The average molecular weight is 608 g/mol. The Hall–Kier alpha value is -2.33. The zero-order chi connectivity index (χ0) is 28.5. The lowest BCUT2D eigenvalue weighted by Crippen LogP contribution is -2.52. The number of ether oxygens (including phenoxy) is 1. The standard InChI is InChI=1S/C31H45N3O5S.ClH/c1-3-4-20-34(31(36)30(35)25-8-6-5-7-9-25)27-18-21-33(22-19-27)23-24-10-14-28(15-11-24)39-29-16-12-26(13-17-29)32-40(2,37)38;/h10-17,25,27,30,32,35H,3-9,18-23H2,1-2H3;1H/t30-;/m1./s1. The molecule has 0 aromatic heterocycles. The van der Waals surface area contributed by atoms with Gasteiger partial charge in [-0.05, 0) is 80.0 Å². The fourth-order valence-corrected chi connectivity index (χ4v) is 6.44. The average Bonchev–Trinajstić information content (AvgIpc) is 2.95. The number of anilines is 1. The number of halogens is 1. The van der Waals surface area contributed by atoms with Crippen LogP contribution in [0, 0.1) is 5.92 Å². The summed E-state index contributed by atoms with van der Waals surface area (Å²) in [7, 11) is -3.31. The van der Waals surface area contributed by atoms with Crippen molar-refractivity contribution in [1.82, 2.24) is 9.80 Å². The lowest BCUT2D eigenvalue weighted by molar-refractivity contribution is -0.147. The third-order valence-electron chi connectivity index (χ3n) is 8.11. The number of sulfonamides is 1. The number of unbranched alkanes of at least 4 members (excludes halogenated alkanes) is 1. The van der Waals surface area contributed by atoms with Crippen LogP contribution in [-0.2, 0) is 21.4 Å². The summed E-state index contributed by atoms with van der Waals surface area (Å²) < 4.78 is 31.1. The van der Waals surface area contributed by atoms with Gasteiger partial charge >= 0.3 is 0 Å². The maximum atomic E-state index is 13.4. The minimum Gasteiger partial charge on any atom is -0.457 e. The summed E-state index contributed by atoms with van der Waals surface area (Å²) in [4.78, 5) is 17.8. The lowest BCUT2D eigenvalue weighted by atomic mass is 9.84. The van der Waals surface area contributed by atoms with Crippen molar-refractivity contribution in [1.29, 1.82) is 0 Å². The predicted molar refractivity (Wildman–Crippen MR) is 166 cm³/mol. The summed E-state index contributed by atoms with van der Waals surface area (Å²) in [5, 5.41) is 10.9. The number of carbonyl (C=O) groups is 1. The first-order valence-corrected chi connectivity index (χ1v) is 16.7. The molecule has 1 aliphatic heterocycles. The summed E-state index contributed by atoms with van der Waals surface area (Å²) in [6.07, 6.45) is 9.51. The van der Waals surface area contributed by atoms with E-state index in [0.29, 0.717) is 17.2 Å². The molecule has 0 bridgehead atoms. The number of carbonyl (C=O) groups excluding carboxylic acids is 1. The molecule has 2 aliphatic rings. The highest BCUT2D eigenvalue weighted by molar-refractivity contribution is 7.92. The largest absolute Gasteiger partial charge is 0.457 e. The highest BCUT2D eigenvalue weighted by Gasteiger charge is 2.35. The molecule has 1 aliphatic carbocycles. The topological polar surface area (TPSA) is 99.2 Å². The first-order chi connectivity index (χ1) is 19.2. The summed E-state index contributed by atoms with van der Waals surface area (Å²) in [5.74, 6) is 1.42. The Labute approximate surface area is 251 Å². The molecule has 8 nitrogen and oxygen atoms in total. The fourth-order valence-electron chi connectivity index (χ4n) is 5.87. The van der Waals surface area contributed by atoms with Crippen LogP contribution < -0.4 is 9.46 Å². The number of amides is 1. The third-order valence-corrected chi connectivity index (χ3v) is 8.71. The van der Waals surface area contributed by atoms with Crippen molar-refractivity contribution >= 4 is 34.0 Å². The van der Waals surface area contributed by atoms with Gasteiger partial charge in [0.2, 0.25) is 10.0 Å². The smallest absolute Gasteiger partial charge is 0.251 e. The van der Waals surface area contributed by atoms with E-state index >= 15 is 0 Å². The molecule has 1 atom stereocenters. The molecule has 2 aromatic rings. The second-order valence-electron chi connectivity index (χ2n) is 11.4. The first kappa shape index (κ1) is 33.2. The van der Waals surface area contributed by atoms with Crippen LogP contribution in [0.5, 0.6) is 11.5 Å². The van der Waals surface area contributed by atoms with E-state index in [4.69, 9.17) is 4.74 Å². The van der Waals surface area contributed by atoms with Crippen molar-refractivity contribution in [3.05, 3.63) is 54.1 Å². The number of nitrogens with one attached hydrogen (secondary N) is 1. The number of hydrogen-bond acceptors (Lipinski definition) is 6. The number of likely N-dealkylation sites (tertiary alicyclic amines) is 1. The number of nitrogens with zero attached hydrogens (tertiary/aromatic N) is 2. The second kappa shape index (κ2) is 15.8. The van der Waals surface area contributed by atoms with E-state index in [1.54, 1.807) is 24.3 Å². The maximum Gasteiger partial charge on any atom is 0.251 e. The van der Waals surface area contributed by atoms with Gasteiger partial charge in [-0.25, -0.2) is 8.42 Å². The van der Waals surface area contributed by atoms with Gasteiger partial charge in [-0.15, -0.1) is 12.4 Å². The van der Waals surface area contributed by atoms with E-state index in [1.807, 2.05) is 17.0 Å². The molecule has 1 amide bonds. The molecule has 228 valence electrons. The van der Waals surface area contributed by atoms with Crippen LogP contribution in [-0.4, -0.2) is 67.3 Å². The number of aliphatic hydroxyl groups is 1. The summed E-state index contributed by atoms with van der Waals surface area (Å²) in [5.41, 5.74) is 1.69. The molecule has 4 rings (SSSR count). The van der Waals surface area contributed by atoms with Crippen LogP contribution in [0.4, 0.5) is 5.69 Å². The van der Waals surface area contributed by atoms with Crippen LogP contribution in [0.15, 0.2) is 48.5 Å². The number of piperidine rings is 1. The molecule has 0 unspecified atom stereocenters. The van der Waals surface area contributed by atoms with E-state index in [1.165, 1.54) is 12.0 Å². The number of benzene rings is 2. The summed E-state index contributed by atoms with van der Waals surface area (Å²) >= 11 is 0. The van der Waals surface area contributed by atoms with Gasteiger partial charge in [-0.2, -0.15) is 0 Å². The van der Waals surface area contributed by atoms with Crippen molar-refractivity contribution < 1.29 is 23.1 Å². The number of hydrogen-bond donors (Lipinski definition) is 2. The normalized spacial score (nSPS) is 17.8. The van der Waals surface area contributed by atoms with Crippen LogP contribution in [0.2, 0.25) is 0 Å². The van der Waals surface area contributed by atoms with Gasteiger partial charge in [0.05, 0.1) is 6.26 Å². The Balaban J connectivity index is 0.00000462. The summed E-state index contributed by atoms with van der Waals surface area (Å²) in [6.45, 7) is 5.57. The van der Waals surface area contributed by atoms with Crippen LogP contribution >= 0.6 is 12.4 Å².